The van der Waals surface area contributed by atoms with Crippen LogP contribution in [0.25, 0.3) is 0 Å². The van der Waals surface area contributed by atoms with Crippen LogP contribution in [-0.4, -0.2) is 21.2 Å². The lowest BCUT2D eigenvalue weighted by atomic mass is 9.76. The lowest BCUT2D eigenvalue weighted by Gasteiger charge is -2.42. The molecule has 2 aliphatic rings. The summed E-state index contributed by atoms with van der Waals surface area (Å²) in [6.45, 7) is 6.27. The van der Waals surface area contributed by atoms with Crippen molar-refractivity contribution in [2.75, 3.05) is 16.7 Å². The third-order valence-electron chi connectivity index (χ3n) is 6.86. The maximum atomic E-state index is 12.9. The Morgan fingerprint density at radius 3 is 2.44 bits per heavy atom. The average molecular weight is 469 g/mol. The number of nitrogens with one attached hydrogen (secondary N) is 1. The van der Waals surface area contributed by atoms with Crippen LogP contribution in [0.3, 0.4) is 0 Å². The Morgan fingerprint density at radius 2 is 1.75 bits per heavy atom. The second-order valence-electron chi connectivity index (χ2n) is 9.13. The lowest BCUT2D eigenvalue weighted by Crippen LogP contribution is -2.58. The van der Waals surface area contributed by atoms with Gasteiger partial charge in [-0.2, -0.15) is 0 Å². The Balaban J connectivity index is 1.51. The first-order chi connectivity index (χ1) is 15.0. The van der Waals surface area contributed by atoms with E-state index in [9.17, 15) is 8.42 Å². The van der Waals surface area contributed by atoms with Gasteiger partial charge in [-0.15, -0.1) is 0 Å². The number of likely N-dealkylation sites (N-methyl/N-ethyl adjacent to an activating group) is 1. The fourth-order valence-electron chi connectivity index (χ4n) is 5.00. The van der Waals surface area contributed by atoms with Crippen molar-refractivity contribution in [3.63, 3.8) is 0 Å². The van der Waals surface area contributed by atoms with E-state index in [1.165, 1.54) is 5.56 Å². The molecule has 3 aromatic rings. The Labute approximate surface area is 194 Å². The smallest absolute Gasteiger partial charge is 0.261 e. The van der Waals surface area contributed by atoms with Gasteiger partial charge < -0.3 is 9.64 Å². The number of benzene rings is 3. The van der Waals surface area contributed by atoms with E-state index < -0.39 is 15.7 Å². The van der Waals surface area contributed by atoms with Gasteiger partial charge in [-0.3, -0.25) is 4.72 Å². The van der Waals surface area contributed by atoms with Gasteiger partial charge in [0.1, 0.15) is 5.75 Å². The first-order valence-corrected chi connectivity index (χ1v) is 12.4. The van der Waals surface area contributed by atoms with Crippen LogP contribution >= 0.6 is 11.6 Å². The van der Waals surface area contributed by atoms with E-state index in [4.69, 9.17) is 16.3 Å². The Kier molecular flexibility index (Phi) is 4.56. The highest BCUT2D eigenvalue weighted by atomic mass is 35.5. The molecular formula is C25H25ClN2O3S. The molecule has 0 aliphatic carbocycles. The summed E-state index contributed by atoms with van der Waals surface area (Å²) in [7, 11) is -1.69. The van der Waals surface area contributed by atoms with E-state index in [0.717, 1.165) is 16.8 Å². The van der Waals surface area contributed by atoms with Gasteiger partial charge in [-0.1, -0.05) is 47.5 Å². The van der Waals surface area contributed by atoms with Crippen LogP contribution in [0.2, 0.25) is 5.02 Å². The highest BCUT2D eigenvalue weighted by molar-refractivity contribution is 7.92. The van der Waals surface area contributed by atoms with Gasteiger partial charge in [0, 0.05) is 24.7 Å². The molecular weight excluding hydrogens is 444 g/mol. The number of hydrogen-bond donors (Lipinski definition) is 1. The topological polar surface area (TPSA) is 58.6 Å². The third-order valence-corrected chi connectivity index (χ3v) is 8.54. The number of fused-ring (bicyclic) bond motifs is 2. The maximum absolute atomic E-state index is 12.9. The van der Waals surface area contributed by atoms with Crippen molar-refractivity contribution in [2.45, 2.75) is 43.2 Å². The summed E-state index contributed by atoms with van der Waals surface area (Å²) in [5.41, 5.74) is 3.70. The molecule has 0 fully saturated rings. The molecule has 166 valence electrons. The summed E-state index contributed by atoms with van der Waals surface area (Å²) in [4.78, 5) is 2.38. The number of rotatable bonds is 3. The predicted octanol–water partition coefficient (Wildman–Crippen LogP) is 5.51. The number of ether oxygens (including phenoxy) is 1. The van der Waals surface area contributed by atoms with Gasteiger partial charge >= 0.3 is 0 Å². The van der Waals surface area contributed by atoms with Crippen molar-refractivity contribution in [1.82, 2.24) is 0 Å². The lowest BCUT2D eigenvalue weighted by molar-refractivity contribution is 0.0351. The summed E-state index contributed by atoms with van der Waals surface area (Å²) in [6.07, 6.45) is 0.584. The van der Waals surface area contributed by atoms with Gasteiger partial charge in [0.05, 0.1) is 21.0 Å². The molecule has 1 atom stereocenters. The maximum Gasteiger partial charge on any atom is 0.261 e. The number of para-hydroxylation sites is 1. The molecule has 0 amide bonds. The van der Waals surface area contributed by atoms with Gasteiger partial charge in [-0.05, 0) is 56.7 Å². The highest BCUT2D eigenvalue weighted by Gasteiger charge is 2.60. The Morgan fingerprint density at radius 1 is 1.06 bits per heavy atom. The monoisotopic (exact) mass is 468 g/mol. The van der Waals surface area contributed by atoms with Crippen molar-refractivity contribution in [2.24, 2.45) is 0 Å². The Hall–Kier alpha value is -2.70. The number of anilines is 2. The van der Waals surface area contributed by atoms with Gasteiger partial charge in [0.15, 0.2) is 5.72 Å². The molecule has 0 radical (unpaired) electrons. The largest absolute Gasteiger partial charge is 0.465 e. The quantitative estimate of drug-likeness (QED) is 0.550. The van der Waals surface area contributed by atoms with Gasteiger partial charge in [-0.25, -0.2) is 8.42 Å². The van der Waals surface area contributed by atoms with E-state index in [1.807, 2.05) is 32.2 Å². The van der Waals surface area contributed by atoms with E-state index in [1.54, 1.807) is 30.3 Å². The molecule has 32 heavy (non-hydrogen) atoms. The number of halogens is 1. The van der Waals surface area contributed by atoms with Crippen LogP contribution in [0, 0.1) is 6.92 Å². The fourth-order valence-corrected chi connectivity index (χ4v) is 6.32. The summed E-state index contributed by atoms with van der Waals surface area (Å²) in [5, 5.41) is 0.390. The Bertz CT molecular complexity index is 1340. The van der Waals surface area contributed by atoms with Gasteiger partial charge in [0.2, 0.25) is 0 Å². The van der Waals surface area contributed by atoms with Crippen molar-refractivity contribution in [3.8, 4) is 5.75 Å². The molecule has 3 aromatic carbocycles. The number of sulfonamides is 1. The van der Waals surface area contributed by atoms with Crippen LogP contribution in [0.5, 0.6) is 5.75 Å². The number of hydrogen-bond acceptors (Lipinski definition) is 4. The minimum Gasteiger partial charge on any atom is -0.465 e. The third kappa shape index (κ3) is 2.93. The molecule has 0 aromatic heterocycles. The first-order valence-electron chi connectivity index (χ1n) is 10.5. The number of aryl methyl sites for hydroxylation is 1. The summed E-state index contributed by atoms with van der Waals surface area (Å²) in [5.74, 6) is 0.609. The van der Waals surface area contributed by atoms with Crippen LogP contribution in [0.15, 0.2) is 65.6 Å². The molecule has 0 saturated heterocycles. The minimum absolute atomic E-state index is 0.208. The van der Waals surface area contributed by atoms with Crippen LogP contribution in [-0.2, 0) is 21.9 Å². The highest BCUT2D eigenvalue weighted by Crippen LogP contribution is 2.57. The van der Waals surface area contributed by atoms with E-state index >= 15 is 0 Å². The minimum atomic E-state index is -3.73. The van der Waals surface area contributed by atoms with E-state index in [2.05, 4.69) is 35.6 Å². The van der Waals surface area contributed by atoms with Crippen LogP contribution in [0.4, 0.5) is 11.4 Å². The number of nitrogens with zero attached hydrogens (tertiary/aromatic N) is 1. The van der Waals surface area contributed by atoms with Gasteiger partial charge in [0.25, 0.3) is 10.0 Å². The summed E-state index contributed by atoms with van der Waals surface area (Å²) >= 11 is 6.61. The molecule has 0 unspecified atom stereocenters. The van der Waals surface area contributed by atoms with E-state index in [0.29, 0.717) is 22.9 Å². The zero-order valence-corrected chi connectivity index (χ0v) is 20.0. The van der Waals surface area contributed by atoms with Crippen molar-refractivity contribution >= 4 is 33.0 Å². The van der Waals surface area contributed by atoms with Crippen LogP contribution < -0.4 is 14.4 Å². The summed E-state index contributed by atoms with van der Waals surface area (Å²) < 4.78 is 35.0. The molecule has 5 nitrogen and oxygen atoms in total. The molecule has 5 rings (SSSR count). The van der Waals surface area contributed by atoms with Crippen molar-refractivity contribution < 1.29 is 13.2 Å². The molecule has 2 aliphatic heterocycles. The molecule has 1 spiro atoms. The molecule has 1 N–H and O–H groups in total. The molecule has 0 bridgehead atoms. The average Bonchev–Trinajstić information content (AvgIpc) is 3.21. The molecule has 0 saturated carbocycles. The zero-order chi connectivity index (χ0) is 22.9. The van der Waals surface area contributed by atoms with Crippen molar-refractivity contribution in [3.05, 3.63) is 82.4 Å². The standard InChI is InChI=1S/C25H25ClN2O3S/c1-16-9-11-19(12-10-16)32(29,30)27-18-13-17-15-25(31-23(17)21(26)14-18)24(2,3)20-7-5-6-8-22(20)28(25)4/h5-14,27H,15H2,1-4H3/t25-/m0/s1. The fraction of sp³-hybridized carbons (Fsp3) is 0.280. The molecule has 2 heterocycles. The SMILES string of the molecule is Cc1ccc(S(=O)(=O)Nc2cc(Cl)c3c(c2)C[C@@]2(O3)N(C)c3ccccc3C2(C)C)cc1. The zero-order valence-electron chi connectivity index (χ0n) is 18.4. The predicted molar refractivity (Wildman–Crippen MR) is 128 cm³/mol. The first kappa shape index (κ1) is 21.2. The second-order valence-corrected chi connectivity index (χ2v) is 11.2. The van der Waals surface area contributed by atoms with Crippen molar-refractivity contribution in [1.29, 1.82) is 0 Å². The second kappa shape index (κ2) is 6.90. The van der Waals surface area contributed by atoms with Crippen LogP contribution in [0.1, 0.15) is 30.5 Å². The molecule has 7 heteroatoms. The summed E-state index contributed by atoms with van der Waals surface area (Å²) in [6, 6.07) is 18.5. The van der Waals surface area contributed by atoms with E-state index in [-0.39, 0.29) is 10.3 Å². The normalized spacial score (nSPS) is 20.7.